The highest BCUT2D eigenvalue weighted by Crippen LogP contribution is 2.35. The Hall–Kier alpha value is -3.22. The van der Waals surface area contributed by atoms with E-state index in [0.29, 0.717) is 15.9 Å². The van der Waals surface area contributed by atoms with E-state index >= 15 is 0 Å². The topological polar surface area (TPSA) is 63.2 Å². The molecule has 0 aliphatic carbocycles. The maximum absolute atomic E-state index is 13.1. The van der Waals surface area contributed by atoms with Gasteiger partial charge in [0.05, 0.1) is 16.9 Å². The number of rotatable bonds is 4. The van der Waals surface area contributed by atoms with Gasteiger partial charge in [0.25, 0.3) is 0 Å². The van der Waals surface area contributed by atoms with Crippen molar-refractivity contribution in [3.63, 3.8) is 0 Å². The second-order valence-corrected chi connectivity index (χ2v) is 9.20. The van der Waals surface area contributed by atoms with Crippen LogP contribution in [0.3, 0.4) is 0 Å². The number of benzene rings is 3. The van der Waals surface area contributed by atoms with Crippen LogP contribution < -0.4 is 4.90 Å². The molecule has 5 rings (SSSR count). The van der Waals surface area contributed by atoms with Crippen molar-refractivity contribution >= 4 is 51.8 Å². The Morgan fingerprint density at radius 1 is 0.969 bits per heavy atom. The monoisotopic (exact) mass is 459 g/mol. The molecule has 7 heteroatoms. The van der Waals surface area contributed by atoms with Gasteiger partial charge in [-0.15, -0.1) is 0 Å². The lowest BCUT2D eigenvalue weighted by molar-refractivity contribution is -0.121. The van der Waals surface area contributed by atoms with Gasteiger partial charge in [0.1, 0.15) is 5.25 Å². The van der Waals surface area contributed by atoms with Gasteiger partial charge in [-0.25, -0.2) is 14.9 Å². The van der Waals surface area contributed by atoms with E-state index in [1.54, 1.807) is 18.2 Å². The van der Waals surface area contributed by atoms with Gasteiger partial charge in [-0.2, -0.15) is 0 Å². The molecule has 1 fully saturated rings. The smallest absolute Gasteiger partial charge is 0.247 e. The van der Waals surface area contributed by atoms with Crippen molar-refractivity contribution in [2.24, 2.45) is 0 Å². The van der Waals surface area contributed by atoms with Crippen LogP contribution in [-0.2, 0) is 9.59 Å². The van der Waals surface area contributed by atoms with Crippen LogP contribution in [0.15, 0.2) is 78.0 Å². The average Bonchev–Trinajstić information content (AvgIpc) is 3.07. The number of fused-ring (bicyclic) bond motifs is 1. The highest BCUT2D eigenvalue weighted by Gasteiger charge is 2.40. The van der Waals surface area contributed by atoms with E-state index in [1.807, 2.05) is 61.5 Å². The molecular formula is C25H18ClN3O2S. The van der Waals surface area contributed by atoms with Gasteiger partial charge in [-0.1, -0.05) is 71.4 Å². The maximum atomic E-state index is 13.1. The number of aromatic nitrogens is 2. The molecule has 0 N–H and O–H groups in total. The van der Waals surface area contributed by atoms with Crippen molar-refractivity contribution < 1.29 is 9.59 Å². The minimum absolute atomic E-state index is 0.111. The molecule has 1 aliphatic rings. The molecule has 1 saturated heterocycles. The number of nitrogens with zero attached hydrogens (tertiary/aromatic N) is 3. The van der Waals surface area contributed by atoms with E-state index in [2.05, 4.69) is 4.98 Å². The van der Waals surface area contributed by atoms with Gasteiger partial charge in [0.2, 0.25) is 11.8 Å². The number of aryl methyl sites for hydroxylation is 1. The van der Waals surface area contributed by atoms with Crippen molar-refractivity contribution in [2.45, 2.75) is 23.8 Å². The summed E-state index contributed by atoms with van der Waals surface area (Å²) in [6.07, 6.45) is 0.111. The molecule has 5 nitrogen and oxygen atoms in total. The van der Waals surface area contributed by atoms with Crippen molar-refractivity contribution in [2.75, 3.05) is 4.90 Å². The molecular weight excluding hydrogens is 442 g/mol. The Morgan fingerprint density at radius 3 is 2.47 bits per heavy atom. The number of amides is 2. The summed E-state index contributed by atoms with van der Waals surface area (Å²) in [6.45, 7) is 1.96. The third-order valence-corrected chi connectivity index (χ3v) is 6.61. The summed E-state index contributed by atoms with van der Waals surface area (Å²) in [5, 5.41) is 1.32. The third-order valence-electron chi connectivity index (χ3n) is 5.33. The summed E-state index contributed by atoms with van der Waals surface area (Å²) in [6, 6.07) is 22.6. The molecule has 1 aliphatic heterocycles. The molecule has 1 aromatic heterocycles. The van der Waals surface area contributed by atoms with Gasteiger partial charge < -0.3 is 0 Å². The number of halogens is 1. The van der Waals surface area contributed by atoms with Crippen molar-refractivity contribution in [3.8, 4) is 11.3 Å². The van der Waals surface area contributed by atoms with Crippen LogP contribution >= 0.6 is 23.4 Å². The predicted octanol–water partition coefficient (Wildman–Crippen LogP) is 5.68. The number of carbonyl (C=O) groups is 2. The zero-order chi connectivity index (χ0) is 22.2. The molecule has 158 valence electrons. The summed E-state index contributed by atoms with van der Waals surface area (Å²) in [5.41, 5.74) is 4.06. The lowest BCUT2D eigenvalue weighted by Gasteiger charge is -2.15. The van der Waals surface area contributed by atoms with Crippen LogP contribution in [0, 0.1) is 6.92 Å². The molecule has 0 saturated carbocycles. The van der Waals surface area contributed by atoms with Gasteiger partial charge in [-0.05, 0) is 37.3 Å². The zero-order valence-electron chi connectivity index (χ0n) is 17.2. The van der Waals surface area contributed by atoms with Crippen LogP contribution in [-0.4, -0.2) is 27.0 Å². The summed E-state index contributed by atoms with van der Waals surface area (Å²) in [5.74, 6) is -0.461. The van der Waals surface area contributed by atoms with Crippen molar-refractivity contribution in [1.82, 2.24) is 9.97 Å². The van der Waals surface area contributed by atoms with E-state index in [0.717, 1.165) is 27.7 Å². The fraction of sp³-hybridized carbons (Fsp3) is 0.120. The molecule has 1 atom stereocenters. The normalized spacial score (nSPS) is 16.2. The first-order valence-corrected chi connectivity index (χ1v) is 11.4. The van der Waals surface area contributed by atoms with E-state index in [-0.39, 0.29) is 18.2 Å². The standard InChI is InChI=1S/C25H18ClN3O2S/c1-15-7-10-18(11-8-15)29-22(30)14-21(24(29)31)32-25-27-20-12-9-17(26)13-19(20)23(28-25)16-5-3-2-4-6-16/h2-13,21H,14H2,1H3/t21-/m1/s1. The number of hydrogen-bond acceptors (Lipinski definition) is 5. The molecule has 0 bridgehead atoms. The maximum Gasteiger partial charge on any atom is 0.247 e. The fourth-order valence-electron chi connectivity index (χ4n) is 3.74. The van der Waals surface area contributed by atoms with Crippen LogP contribution in [0.5, 0.6) is 0 Å². The quantitative estimate of drug-likeness (QED) is 0.290. The Morgan fingerprint density at radius 2 is 1.72 bits per heavy atom. The lowest BCUT2D eigenvalue weighted by Crippen LogP contribution is -2.31. The number of carbonyl (C=O) groups excluding carboxylic acids is 2. The number of imide groups is 1. The minimum atomic E-state index is -0.572. The van der Waals surface area contributed by atoms with E-state index in [9.17, 15) is 9.59 Å². The highest BCUT2D eigenvalue weighted by atomic mass is 35.5. The summed E-state index contributed by atoms with van der Waals surface area (Å²) >= 11 is 7.45. The highest BCUT2D eigenvalue weighted by molar-refractivity contribution is 8.00. The van der Waals surface area contributed by atoms with E-state index in [1.165, 1.54) is 16.7 Å². The number of anilines is 1. The first-order chi connectivity index (χ1) is 15.5. The molecule has 4 aromatic rings. The van der Waals surface area contributed by atoms with Crippen LogP contribution in [0.2, 0.25) is 5.02 Å². The summed E-state index contributed by atoms with van der Waals surface area (Å²) < 4.78 is 0. The molecule has 2 heterocycles. The average molecular weight is 460 g/mol. The van der Waals surface area contributed by atoms with Gasteiger partial charge in [-0.3, -0.25) is 9.59 Å². The first kappa shape index (κ1) is 20.7. The Balaban J connectivity index is 1.50. The molecule has 0 radical (unpaired) electrons. The summed E-state index contributed by atoms with van der Waals surface area (Å²) in [4.78, 5) is 36.4. The Labute approximate surface area is 194 Å². The second-order valence-electron chi connectivity index (χ2n) is 7.60. The predicted molar refractivity (Wildman–Crippen MR) is 128 cm³/mol. The molecule has 2 amide bonds. The second kappa shape index (κ2) is 8.37. The van der Waals surface area contributed by atoms with Crippen molar-refractivity contribution in [1.29, 1.82) is 0 Å². The largest absolute Gasteiger partial charge is 0.274 e. The molecule has 0 unspecified atom stereocenters. The zero-order valence-corrected chi connectivity index (χ0v) is 18.7. The fourth-order valence-corrected chi connectivity index (χ4v) is 4.89. The SMILES string of the molecule is Cc1ccc(N2C(=O)C[C@@H](Sc3nc(-c4ccccc4)c4cc(Cl)ccc4n3)C2=O)cc1. The minimum Gasteiger partial charge on any atom is -0.274 e. The number of hydrogen-bond donors (Lipinski definition) is 0. The van der Waals surface area contributed by atoms with Crippen molar-refractivity contribution in [3.05, 3.63) is 83.4 Å². The number of thioether (sulfide) groups is 1. The van der Waals surface area contributed by atoms with E-state index < -0.39 is 5.25 Å². The van der Waals surface area contributed by atoms with Gasteiger partial charge in [0, 0.05) is 22.4 Å². The van der Waals surface area contributed by atoms with Crippen LogP contribution in [0.1, 0.15) is 12.0 Å². The van der Waals surface area contributed by atoms with E-state index in [4.69, 9.17) is 16.6 Å². The van der Waals surface area contributed by atoms with Gasteiger partial charge in [0.15, 0.2) is 5.16 Å². The van der Waals surface area contributed by atoms with Crippen LogP contribution in [0.4, 0.5) is 5.69 Å². The third kappa shape index (κ3) is 3.87. The van der Waals surface area contributed by atoms with Crippen LogP contribution in [0.25, 0.3) is 22.2 Å². The Kier molecular flexibility index (Phi) is 5.41. The molecule has 0 spiro atoms. The summed E-state index contributed by atoms with van der Waals surface area (Å²) in [7, 11) is 0. The lowest BCUT2D eigenvalue weighted by atomic mass is 10.1. The Bertz CT molecular complexity index is 1340. The first-order valence-electron chi connectivity index (χ1n) is 10.1. The molecule has 32 heavy (non-hydrogen) atoms. The van der Waals surface area contributed by atoms with Gasteiger partial charge >= 0.3 is 0 Å². The molecule has 3 aromatic carbocycles.